The molecule has 1 aromatic carbocycles. The molecule has 7 nitrogen and oxygen atoms in total. The average molecular weight is 469 g/mol. The van der Waals surface area contributed by atoms with Crippen LogP contribution < -0.4 is 5.32 Å². The van der Waals surface area contributed by atoms with E-state index >= 15 is 0 Å². The number of amides is 1. The summed E-state index contributed by atoms with van der Waals surface area (Å²) in [4.78, 5) is 21.2. The van der Waals surface area contributed by atoms with Gasteiger partial charge >= 0.3 is 0 Å². The zero-order valence-electron chi connectivity index (χ0n) is 15.1. The van der Waals surface area contributed by atoms with Crippen LogP contribution in [0, 0.1) is 3.57 Å². The van der Waals surface area contributed by atoms with E-state index in [2.05, 4.69) is 61.7 Å². The number of benzene rings is 1. The zero-order valence-corrected chi connectivity index (χ0v) is 17.3. The predicted octanol–water partition coefficient (Wildman–Crippen LogP) is 2.55. The molecule has 140 valence electrons. The lowest BCUT2D eigenvalue weighted by molar-refractivity contribution is -0.117. The standard InChI is InChI=1S/C18H24IN5O2/c1-13(2)18-21-17(26-22-18)12-24-9-7-23(8-10-24)11-16(25)20-15-6-4-3-5-14(15)19/h3-6,13H,7-12H2,1-2H3,(H,20,25). The van der Waals surface area contributed by atoms with Crippen molar-refractivity contribution >= 4 is 34.2 Å². The monoisotopic (exact) mass is 469 g/mol. The Balaban J connectivity index is 1.43. The number of aromatic nitrogens is 2. The Morgan fingerprint density at radius 2 is 1.92 bits per heavy atom. The number of para-hydroxylation sites is 1. The van der Waals surface area contributed by atoms with E-state index < -0.39 is 0 Å². The maximum absolute atomic E-state index is 12.3. The first-order valence-corrected chi connectivity index (χ1v) is 9.90. The summed E-state index contributed by atoms with van der Waals surface area (Å²) in [5, 5.41) is 6.99. The van der Waals surface area contributed by atoms with Crippen LogP contribution in [0.5, 0.6) is 0 Å². The van der Waals surface area contributed by atoms with Gasteiger partial charge in [-0.1, -0.05) is 31.1 Å². The zero-order chi connectivity index (χ0) is 18.5. The highest BCUT2D eigenvalue weighted by molar-refractivity contribution is 14.1. The molecule has 8 heteroatoms. The largest absolute Gasteiger partial charge is 0.338 e. The first kappa shape index (κ1) is 19.2. The molecule has 0 saturated carbocycles. The molecule has 0 spiro atoms. The minimum Gasteiger partial charge on any atom is -0.338 e. The molecule has 0 radical (unpaired) electrons. The number of anilines is 1. The molecule has 26 heavy (non-hydrogen) atoms. The third-order valence-electron chi connectivity index (χ3n) is 4.34. The van der Waals surface area contributed by atoms with Gasteiger partial charge in [-0.15, -0.1) is 0 Å². The van der Waals surface area contributed by atoms with E-state index in [9.17, 15) is 4.79 Å². The smallest absolute Gasteiger partial charge is 0.240 e. The van der Waals surface area contributed by atoms with Crippen molar-refractivity contribution in [2.45, 2.75) is 26.3 Å². The molecule has 2 heterocycles. The minimum absolute atomic E-state index is 0.0287. The first-order chi connectivity index (χ1) is 12.5. The van der Waals surface area contributed by atoms with E-state index in [-0.39, 0.29) is 11.8 Å². The summed E-state index contributed by atoms with van der Waals surface area (Å²) in [5.41, 5.74) is 0.870. The third kappa shape index (κ3) is 5.24. The number of carbonyl (C=O) groups is 1. The van der Waals surface area contributed by atoms with Gasteiger partial charge in [-0.05, 0) is 34.7 Å². The Labute approximate surface area is 167 Å². The number of hydrogen-bond acceptors (Lipinski definition) is 6. The summed E-state index contributed by atoms with van der Waals surface area (Å²) in [6.07, 6.45) is 0. The van der Waals surface area contributed by atoms with Gasteiger partial charge in [0.2, 0.25) is 11.8 Å². The highest BCUT2D eigenvalue weighted by atomic mass is 127. The lowest BCUT2D eigenvalue weighted by Gasteiger charge is -2.33. The first-order valence-electron chi connectivity index (χ1n) is 8.83. The fourth-order valence-electron chi connectivity index (χ4n) is 2.82. The van der Waals surface area contributed by atoms with E-state index in [0.29, 0.717) is 19.0 Å². The van der Waals surface area contributed by atoms with Crippen LogP contribution in [-0.4, -0.2) is 58.6 Å². The van der Waals surface area contributed by atoms with E-state index in [1.807, 2.05) is 24.3 Å². The predicted molar refractivity (Wildman–Crippen MR) is 108 cm³/mol. The molecule has 0 bridgehead atoms. The van der Waals surface area contributed by atoms with Crippen LogP contribution in [0.25, 0.3) is 0 Å². The summed E-state index contributed by atoms with van der Waals surface area (Å²) in [7, 11) is 0. The van der Waals surface area contributed by atoms with Crippen molar-refractivity contribution in [1.29, 1.82) is 0 Å². The number of nitrogens with one attached hydrogen (secondary N) is 1. The van der Waals surface area contributed by atoms with Gasteiger partial charge in [-0.2, -0.15) is 4.98 Å². The van der Waals surface area contributed by atoms with Gasteiger partial charge in [0.05, 0.1) is 18.8 Å². The van der Waals surface area contributed by atoms with Gasteiger partial charge in [-0.25, -0.2) is 0 Å². The summed E-state index contributed by atoms with van der Waals surface area (Å²) in [6.45, 7) is 8.66. The van der Waals surface area contributed by atoms with Crippen molar-refractivity contribution in [3.8, 4) is 0 Å². The quantitative estimate of drug-likeness (QED) is 0.656. The van der Waals surface area contributed by atoms with Crippen molar-refractivity contribution in [3.05, 3.63) is 39.6 Å². The Bertz CT molecular complexity index is 741. The van der Waals surface area contributed by atoms with Crippen LogP contribution in [0.15, 0.2) is 28.8 Å². The van der Waals surface area contributed by atoms with Crippen LogP contribution >= 0.6 is 22.6 Å². The Hall–Kier alpha value is -1.52. The minimum atomic E-state index is 0.0287. The third-order valence-corrected chi connectivity index (χ3v) is 5.28. The molecule has 0 aliphatic carbocycles. The van der Waals surface area contributed by atoms with E-state index in [4.69, 9.17) is 4.52 Å². The van der Waals surface area contributed by atoms with E-state index in [1.54, 1.807) is 0 Å². The Morgan fingerprint density at radius 1 is 1.23 bits per heavy atom. The van der Waals surface area contributed by atoms with Crippen LogP contribution in [0.3, 0.4) is 0 Å². The van der Waals surface area contributed by atoms with Crippen LogP contribution in [-0.2, 0) is 11.3 Å². The molecule has 1 aromatic heterocycles. The molecule has 1 amide bonds. The molecule has 1 aliphatic heterocycles. The lowest BCUT2D eigenvalue weighted by Crippen LogP contribution is -2.48. The number of halogens is 1. The van der Waals surface area contributed by atoms with Gasteiger partial charge in [0.15, 0.2) is 5.82 Å². The van der Waals surface area contributed by atoms with Crippen molar-refractivity contribution in [2.24, 2.45) is 0 Å². The normalized spacial score (nSPS) is 16.2. The fourth-order valence-corrected chi connectivity index (χ4v) is 3.34. The van der Waals surface area contributed by atoms with Crippen LogP contribution in [0.4, 0.5) is 5.69 Å². The summed E-state index contributed by atoms with van der Waals surface area (Å²) < 4.78 is 6.36. The summed E-state index contributed by atoms with van der Waals surface area (Å²) >= 11 is 2.23. The SMILES string of the molecule is CC(C)c1noc(CN2CCN(CC(=O)Nc3ccccc3I)CC2)n1. The number of hydrogen-bond donors (Lipinski definition) is 1. The van der Waals surface area contributed by atoms with Gasteiger partial charge in [0, 0.05) is 35.7 Å². The average Bonchev–Trinajstić information content (AvgIpc) is 3.07. The highest BCUT2D eigenvalue weighted by Gasteiger charge is 2.21. The second-order valence-electron chi connectivity index (χ2n) is 6.78. The molecule has 2 aromatic rings. The van der Waals surface area contributed by atoms with Gasteiger partial charge in [0.1, 0.15) is 0 Å². The molecule has 1 N–H and O–H groups in total. The maximum Gasteiger partial charge on any atom is 0.240 e. The van der Waals surface area contributed by atoms with E-state index in [1.165, 1.54) is 0 Å². The van der Waals surface area contributed by atoms with Crippen molar-refractivity contribution in [3.63, 3.8) is 0 Å². The number of rotatable bonds is 6. The van der Waals surface area contributed by atoms with Crippen LogP contribution in [0.1, 0.15) is 31.5 Å². The highest BCUT2D eigenvalue weighted by Crippen LogP contribution is 2.17. The van der Waals surface area contributed by atoms with Gasteiger partial charge < -0.3 is 9.84 Å². The maximum atomic E-state index is 12.3. The fraction of sp³-hybridized carbons (Fsp3) is 0.500. The molecule has 0 atom stereocenters. The number of piperazine rings is 1. The Morgan fingerprint density at radius 3 is 2.58 bits per heavy atom. The lowest BCUT2D eigenvalue weighted by atomic mass is 10.2. The molecular formula is C18H24IN5O2. The van der Waals surface area contributed by atoms with Crippen molar-refractivity contribution in [2.75, 3.05) is 38.0 Å². The molecule has 3 rings (SSSR count). The molecule has 1 saturated heterocycles. The van der Waals surface area contributed by atoms with Gasteiger partial charge in [-0.3, -0.25) is 14.6 Å². The Kier molecular flexibility index (Phi) is 6.60. The second-order valence-corrected chi connectivity index (χ2v) is 7.94. The summed E-state index contributed by atoms with van der Waals surface area (Å²) in [6, 6.07) is 7.80. The van der Waals surface area contributed by atoms with E-state index in [0.717, 1.165) is 41.3 Å². The topological polar surface area (TPSA) is 74.5 Å². The second kappa shape index (κ2) is 8.92. The van der Waals surface area contributed by atoms with Crippen LogP contribution in [0.2, 0.25) is 0 Å². The molecule has 1 fully saturated rings. The van der Waals surface area contributed by atoms with Crippen molar-refractivity contribution < 1.29 is 9.32 Å². The van der Waals surface area contributed by atoms with Crippen molar-refractivity contribution in [1.82, 2.24) is 19.9 Å². The summed E-state index contributed by atoms with van der Waals surface area (Å²) in [5.74, 6) is 1.72. The molecule has 0 unspecified atom stereocenters. The molecular weight excluding hydrogens is 445 g/mol. The number of carbonyl (C=O) groups excluding carboxylic acids is 1. The van der Waals surface area contributed by atoms with Gasteiger partial charge in [0.25, 0.3) is 0 Å². The number of nitrogens with zero attached hydrogens (tertiary/aromatic N) is 4. The molecule has 1 aliphatic rings.